The number of carbonyl (C=O) groups excluding carboxylic acids is 3. The molecule has 0 radical (unpaired) electrons. The van der Waals surface area contributed by atoms with Crippen molar-refractivity contribution < 1.29 is 19.1 Å². The maximum absolute atomic E-state index is 13.0. The maximum Gasteiger partial charge on any atom is 0.262 e. The molecule has 0 atom stereocenters. The fourth-order valence-corrected chi connectivity index (χ4v) is 5.03. The van der Waals surface area contributed by atoms with Crippen LogP contribution in [0.15, 0.2) is 42.6 Å². The second-order valence-corrected chi connectivity index (χ2v) is 9.33. The second-order valence-electron chi connectivity index (χ2n) is 9.33. The van der Waals surface area contributed by atoms with Crippen molar-refractivity contribution in [3.05, 3.63) is 48.2 Å². The second kappa shape index (κ2) is 10.4. The number of rotatable bonds is 6. The summed E-state index contributed by atoms with van der Waals surface area (Å²) in [5.74, 6) is 1.61. The first-order valence-corrected chi connectivity index (χ1v) is 12.3. The first-order valence-electron chi connectivity index (χ1n) is 12.3. The summed E-state index contributed by atoms with van der Waals surface area (Å²) < 4.78 is 5.38. The molecule has 0 unspecified atom stereocenters. The molecule has 9 nitrogen and oxygen atoms in total. The summed E-state index contributed by atoms with van der Waals surface area (Å²) in [5.41, 5.74) is 1.16. The van der Waals surface area contributed by atoms with E-state index in [-0.39, 0.29) is 30.1 Å². The molecule has 5 rings (SSSR count). The van der Waals surface area contributed by atoms with Gasteiger partial charge in [0, 0.05) is 56.8 Å². The number of ether oxygens (including phenoxy) is 1. The summed E-state index contributed by atoms with van der Waals surface area (Å²) in [5, 5.41) is 2.76. The third kappa shape index (κ3) is 5.45. The number of aromatic nitrogens is 1. The van der Waals surface area contributed by atoms with Gasteiger partial charge in [-0.25, -0.2) is 4.98 Å². The van der Waals surface area contributed by atoms with Crippen molar-refractivity contribution in [3.63, 3.8) is 0 Å². The standard InChI is InChI=1S/C26H31N5O4/c32-24-18-35-22-5-4-20(17-21(22)28-24)26(34)19-6-10-29(11-7-19)12-8-25(33)31-15-13-30(14-16-31)23-3-1-2-9-27-23/h1-5,9,17,19H,6-8,10-16,18H2,(H,28,32). The zero-order valence-electron chi connectivity index (χ0n) is 19.8. The van der Waals surface area contributed by atoms with Crippen LogP contribution < -0.4 is 15.0 Å². The average Bonchev–Trinajstić information content (AvgIpc) is 2.91. The summed E-state index contributed by atoms with van der Waals surface area (Å²) >= 11 is 0. The molecule has 35 heavy (non-hydrogen) atoms. The van der Waals surface area contributed by atoms with E-state index in [0.29, 0.717) is 23.4 Å². The van der Waals surface area contributed by atoms with Gasteiger partial charge in [-0.05, 0) is 56.3 Å². The van der Waals surface area contributed by atoms with Gasteiger partial charge in [0.2, 0.25) is 5.91 Å². The number of likely N-dealkylation sites (tertiary alicyclic amines) is 1. The summed E-state index contributed by atoms with van der Waals surface area (Å²) in [4.78, 5) is 48.2. The van der Waals surface area contributed by atoms with Gasteiger partial charge in [-0.3, -0.25) is 14.4 Å². The van der Waals surface area contributed by atoms with Crippen molar-refractivity contribution in [2.24, 2.45) is 5.92 Å². The summed E-state index contributed by atoms with van der Waals surface area (Å²) in [7, 11) is 0. The Balaban J connectivity index is 1.05. The molecule has 0 saturated carbocycles. The number of piperazine rings is 1. The maximum atomic E-state index is 13.0. The lowest BCUT2D eigenvalue weighted by atomic mass is 9.88. The molecule has 2 saturated heterocycles. The van der Waals surface area contributed by atoms with Crippen LogP contribution in [0.4, 0.5) is 11.5 Å². The number of nitrogens with one attached hydrogen (secondary N) is 1. The number of carbonyl (C=O) groups is 3. The van der Waals surface area contributed by atoms with Gasteiger partial charge in [-0.1, -0.05) is 6.07 Å². The van der Waals surface area contributed by atoms with Crippen LogP contribution in [0.2, 0.25) is 0 Å². The summed E-state index contributed by atoms with van der Waals surface area (Å²) in [6.07, 6.45) is 3.85. The monoisotopic (exact) mass is 477 g/mol. The van der Waals surface area contributed by atoms with E-state index in [9.17, 15) is 14.4 Å². The van der Waals surface area contributed by atoms with Crippen molar-refractivity contribution in [1.29, 1.82) is 0 Å². The fourth-order valence-electron chi connectivity index (χ4n) is 5.03. The first-order chi connectivity index (χ1) is 17.1. The number of hydrogen-bond donors (Lipinski definition) is 1. The Kier molecular flexibility index (Phi) is 6.94. The molecule has 0 aliphatic carbocycles. The van der Waals surface area contributed by atoms with E-state index < -0.39 is 0 Å². The molecule has 1 aromatic carbocycles. The van der Waals surface area contributed by atoms with Gasteiger partial charge >= 0.3 is 0 Å². The van der Waals surface area contributed by atoms with Crippen LogP contribution in [-0.2, 0) is 9.59 Å². The number of benzene rings is 1. The van der Waals surface area contributed by atoms with Crippen molar-refractivity contribution >= 4 is 29.1 Å². The Labute approximate surface area is 205 Å². The van der Waals surface area contributed by atoms with E-state index >= 15 is 0 Å². The number of fused-ring (bicyclic) bond motifs is 1. The van der Waals surface area contributed by atoms with Gasteiger partial charge in [-0.15, -0.1) is 0 Å². The quantitative estimate of drug-likeness (QED) is 0.637. The lowest BCUT2D eigenvalue weighted by Gasteiger charge is -2.36. The van der Waals surface area contributed by atoms with Crippen molar-refractivity contribution in [3.8, 4) is 5.75 Å². The molecule has 9 heteroatoms. The largest absolute Gasteiger partial charge is 0.482 e. The lowest BCUT2D eigenvalue weighted by Crippen LogP contribution is -2.49. The summed E-state index contributed by atoms with van der Waals surface area (Å²) in [6.45, 7) is 5.38. The Morgan fingerprint density at radius 3 is 2.57 bits per heavy atom. The average molecular weight is 478 g/mol. The van der Waals surface area contributed by atoms with Crippen LogP contribution >= 0.6 is 0 Å². The van der Waals surface area contributed by atoms with Crippen LogP contribution in [0.5, 0.6) is 5.75 Å². The molecule has 1 aromatic heterocycles. The third-order valence-electron chi connectivity index (χ3n) is 7.10. The Hall–Kier alpha value is -3.46. The molecule has 184 valence electrons. The molecule has 2 amide bonds. The van der Waals surface area contributed by atoms with Gasteiger partial charge < -0.3 is 24.8 Å². The van der Waals surface area contributed by atoms with Gasteiger partial charge in [0.25, 0.3) is 5.91 Å². The van der Waals surface area contributed by atoms with E-state index in [1.54, 1.807) is 24.4 Å². The highest BCUT2D eigenvalue weighted by Crippen LogP contribution is 2.31. The Morgan fingerprint density at radius 1 is 1.03 bits per heavy atom. The number of amides is 2. The number of piperidine rings is 1. The first kappa shape index (κ1) is 23.3. The highest BCUT2D eigenvalue weighted by molar-refractivity contribution is 6.01. The number of nitrogens with zero attached hydrogens (tertiary/aromatic N) is 4. The van der Waals surface area contributed by atoms with E-state index in [2.05, 4.69) is 20.1 Å². The molecule has 0 spiro atoms. The number of pyridine rings is 1. The van der Waals surface area contributed by atoms with E-state index in [4.69, 9.17) is 4.74 Å². The van der Waals surface area contributed by atoms with Crippen LogP contribution in [0, 0.1) is 5.92 Å². The van der Waals surface area contributed by atoms with E-state index in [1.807, 2.05) is 23.1 Å². The third-order valence-corrected chi connectivity index (χ3v) is 7.10. The minimum absolute atomic E-state index is 0.00261. The number of anilines is 2. The lowest BCUT2D eigenvalue weighted by molar-refractivity contribution is -0.132. The molecule has 4 heterocycles. The molecule has 1 N–H and O–H groups in total. The predicted octanol–water partition coefficient (Wildman–Crippen LogP) is 2.05. The normalized spacial score (nSPS) is 19.0. The fraction of sp³-hybridized carbons (Fsp3) is 0.462. The molecule has 0 bridgehead atoms. The summed E-state index contributed by atoms with van der Waals surface area (Å²) in [6, 6.07) is 11.1. The highest BCUT2D eigenvalue weighted by atomic mass is 16.5. The van der Waals surface area contributed by atoms with Gasteiger partial charge in [0.1, 0.15) is 11.6 Å². The minimum atomic E-state index is -0.208. The van der Waals surface area contributed by atoms with Gasteiger partial charge in [0.05, 0.1) is 5.69 Å². The molecular formula is C26H31N5O4. The van der Waals surface area contributed by atoms with Crippen LogP contribution in [0.1, 0.15) is 29.6 Å². The SMILES string of the molecule is O=C1COc2ccc(C(=O)C3CCN(CCC(=O)N4CCN(c5ccccn5)CC4)CC3)cc2N1. The van der Waals surface area contributed by atoms with E-state index in [0.717, 1.165) is 64.5 Å². The number of ketones is 1. The van der Waals surface area contributed by atoms with Gasteiger partial charge in [0.15, 0.2) is 12.4 Å². The van der Waals surface area contributed by atoms with Crippen LogP contribution in [0.25, 0.3) is 0 Å². The zero-order valence-corrected chi connectivity index (χ0v) is 19.8. The van der Waals surface area contributed by atoms with Crippen LogP contribution in [0.3, 0.4) is 0 Å². The van der Waals surface area contributed by atoms with Crippen molar-refractivity contribution in [2.45, 2.75) is 19.3 Å². The van der Waals surface area contributed by atoms with Gasteiger partial charge in [-0.2, -0.15) is 0 Å². The number of hydrogen-bond acceptors (Lipinski definition) is 7. The van der Waals surface area contributed by atoms with Crippen molar-refractivity contribution in [2.75, 3.05) is 62.6 Å². The molecule has 2 aromatic rings. The smallest absolute Gasteiger partial charge is 0.262 e. The molecular weight excluding hydrogens is 446 g/mol. The molecule has 2 fully saturated rings. The zero-order chi connectivity index (χ0) is 24.2. The number of Topliss-reactive ketones (excluding diaryl/α,β-unsaturated/α-hetero) is 1. The predicted molar refractivity (Wildman–Crippen MR) is 132 cm³/mol. The van der Waals surface area contributed by atoms with Crippen LogP contribution in [-0.4, -0.2) is 84.8 Å². The molecule has 3 aliphatic rings. The topological polar surface area (TPSA) is 95.1 Å². The Bertz CT molecular complexity index is 1080. The van der Waals surface area contributed by atoms with E-state index in [1.165, 1.54) is 0 Å². The minimum Gasteiger partial charge on any atom is -0.482 e. The Morgan fingerprint density at radius 2 is 1.83 bits per heavy atom. The molecule has 3 aliphatic heterocycles. The highest BCUT2D eigenvalue weighted by Gasteiger charge is 2.28. The van der Waals surface area contributed by atoms with Crippen molar-refractivity contribution in [1.82, 2.24) is 14.8 Å².